The molecule has 0 aliphatic rings. The highest BCUT2D eigenvalue weighted by Gasteiger charge is 2.35. The van der Waals surface area contributed by atoms with Gasteiger partial charge in [0.15, 0.2) is 0 Å². The second kappa shape index (κ2) is 10.1. The van der Waals surface area contributed by atoms with E-state index in [1.807, 2.05) is 0 Å². The zero-order valence-corrected chi connectivity index (χ0v) is 22.8. The van der Waals surface area contributed by atoms with E-state index in [9.17, 15) is 0 Å². The summed E-state index contributed by atoms with van der Waals surface area (Å²) in [5.41, 5.74) is 5.51. The summed E-state index contributed by atoms with van der Waals surface area (Å²) in [6, 6.07) is 0. The average Bonchev–Trinajstić information content (AvgIpc) is 2.52. The molecule has 0 rings (SSSR count). The van der Waals surface area contributed by atoms with Crippen LogP contribution in [0, 0.1) is 33.5 Å². The Hall–Kier alpha value is -1.04. The van der Waals surface area contributed by atoms with Crippen LogP contribution in [0.5, 0.6) is 0 Å². The van der Waals surface area contributed by atoms with E-state index < -0.39 is 0 Å². The van der Waals surface area contributed by atoms with Crippen LogP contribution in [0.15, 0.2) is 48.6 Å². The fourth-order valence-electron chi connectivity index (χ4n) is 3.86. The summed E-state index contributed by atoms with van der Waals surface area (Å²) >= 11 is 0. The van der Waals surface area contributed by atoms with E-state index in [1.165, 1.54) is 22.3 Å². The number of allylic oxidation sites excluding steroid dienone is 4. The molecule has 0 N–H and O–H groups in total. The monoisotopic (exact) mass is 414 g/mol. The first-order chi connectivity index (χ1) is 13.2. The van der Waals surface area contributed by atoms with E-state index in [1.54, 1.807) is 0 Å². The van der Waals surface area contributed by atoms with Gasteiger partial charge >= 0.3 is 0 Å². The third-order valence-corrected chi connectivity index (χ3v) is 7.85. The zero-order chi connectivity index (χ0) is 24.3. The lowest BCUT2D eigenvalue weighted by molar-refractivity contribution is 0.269. The maximum atomic E-state index is 4.55. The first kappa shape index (κ1) is 29.0. The van der Waals surface area contributed by atoms with Gasteiger partial charge in [-0.25, -0.2) is 0 Å². The Bertz CT molecular complexity index is 644. The van der Waals surface area contributed by atoms with Crippen LogP contribution in [0.2, 0.25) is 0 Å². The quantitative estimate of drug-likeness (QED) is 0.263. The minimum atomic E-state index is 0.0125. The normalized spacial score (nSPS) is 13.7. The first-order valence-corrected chi connectivity index (χ1v) is 11.9. The van der Waals surface area contributed by atoms with Crippen LogP contribution in [0.4, 0.5) is 0 Å². The van der Waals surface area contributed by atoms with Crippen molar-refractivity contribution in [2.24, 2.45) is 33.5 Å². The molecule has 30 heavy (non-hydrogen) atoms. The van der Waals surface area contributed by atoms with Crippen molar-refractivity contribution in [3.63, 3.8) is 0 Å². The first-order valence-electron chi connectivity index (χ1n) is 11.9. The van der Waals surface area contributed by atoms with Crippen molar-refractivity contribution < 1.29 is 0 Å². The number of hydrogen-bond donors (Lipinski definition) is 0. The smallest absolute Gasteiger partial charge is 0.0110 e. The van der Waals surface area contributed by atoms with Crippen LogP contribution in [-0.2, 0) is 0 Å². The lowest BCUT2D eigenvalue weighted by atomic mass is 9.64. The van der Waals surface area contributed by atoms with Gasteiger partial charge in [-0.15, -0.1) is 0 Å². The molecule has 0 aromatic rings. The van der Waals surface area contributed by atoms with Gasteiger partial charge in [0.1, 0.15) is 0 Å². The molecule has 0 saturated heterocycles. The molecule has 174 valence electrons. The van der Waals surface area contributed by atoms with Gasteiger partial charge in [-0.2, -0.15) is 0 Å². The van der Waals surface area contributed by atoms with Crippen LogP contribution in [0.25, 0.3) is 0 Å². The molecular formula is C30H54. The topological polar surface area (TPSA) is 0 Å². The molecule has 0 aliphatic heterocycles. The molecule has 0 aromatic carbocycles. The molecule has 0 heterocycles. The molecule has 0 atom stereocenters. The molecule has 0 aromatic heterocycles. The van der Waals surface area contributed by atoms with E-state index in [0.29, 0.717) is 11.8 Å². The molecule has 0 saturated carbocycles. The van der Waals surface area contributed by atoms with Gasteiger partial charge in [0.2, 0.25) is 0 Å². The van der Waals surface area contributed by atoms with Crippen molar-refractivity contribution >= 4 is 0 Å². The van der Waals surface area contributed by atoms with E-state index in [-0.39, 0.29) is 21.7 Å². The van der Waals surface area contributed by atoms with Crippen LogP contribution in [0.3, 0.4) is 0 Å². The third kappa shape index (κ3) is 7.90. The second-order valence-corrected chi connectivity index (χ2v) is 13.1. The summed E-state index contributed by atoms with van der Waals surface area (Å²) in [5, 5.41) is 0. The van der Waals surface area contributed by atoms with Crippen molar-refractivity contribution in [2.75, 3.05) is 0 Å². The molecule has 0 heteroatoms. The van der Waals surface area contributed by atoms with E-state index >= 15 is 0 Å². The highest BCUT2D eigenvalue weighted by atomic mass is 14.4. The summed E-state index contributed by atoms with van der Waals surface area (Å²) in [6.07, 6.45) is 4.00. The van der Waals surface area contributed by atoms with Crippen LogP contribution in [-0.4, -0.2) is 0 Å². The predicted molar refractivity (Wildman–Crippen MR) is 140 cm³/mol. The van der Waals surface area contributed by atoms with Crippen molar-refractivity contribution in [3.05, 3.63) is 48.6 Å². The van der Waals surface area contributed by atoms with Gasteiger partial charge in [0.05, 0.1) is 0 Å². The maximum Gasteiger partial charge on any atom is -0.0110 e. The lowest BCUT2D eigenvalue weighted by Crippen LogP contribution is -2.28. The second-order valence-electron chi connectivity index (χ2n) is 13.1. The van der Waals surface area contributed by atoms with Gasteiger partial charge in [-0.3, -0.25) is 0 Å². The SMILES string of the molecule is C=C(CC(C)C)C(C)(C)CC(=C)C(C)(C)CC(=C)C(C)(C)CC(=C)C(C)(C)C(C)C. The van der Waals surface area contributed by atoms with Gasteiger partial charge < -0.3 is 0 Å². The summed E-state index contributed by atoms with van der Waals surface area (Å²) in [7, 11) is 0. The molecule has 0 bridgehead atoms. The Morgan fingerprint density at radius 2 is 0.833 bits per heavy atom. The van der Waals surface area contributed by atoms with Gasteiger partial charge in [-0.1, -0.05) is 132 Å². The van der Waals surface area contributed by atoms with Gasteiger partial charge in [0, 0.05) is 0 Å². The predicted octanol–water partition coefficient (Wildman–Crippen LogP) is 10.2. The highest BCUT2D eigenvalue weighted by Crippen LogP contribution is 2.48. The minimum Gasteiger partial charge on any atom is -0.0993 e. The molecule has 0 nitrogen and oxygen atoms in total. The zero-order valence-electron chi connectivity index (χ0n) is 22.8. The standard InChI is InChI=1S/C30H54/c1-21(2)17-23(5)27(9,10)18-24(6)28(11,12)19-25(7)29(13,14)20-26(8)30(15,16)22(3)4/h21-22H,5-8,17-20H2,1-4,9-16H3. The van der Waals surface area contributed by atoms with Crippen molar-refractivity contribution in [2.45, 2.75) is 109 Å². The summed E-state index contributed by atoms with van der Waals surface area (Å²) in [5.74, 6) is 1.22. The van der Waals surface area contributed by atoms with Crippen LogP contribution in [0.1, 0.15) is 109 Å². The van der Waals surface area contributed by atoms with Crippen molar-refractivity contribution in [3.8, 4) is 0 Å². The number of hydrogen-bond acceptors (Lipinski definition) is 0. The number of rotatable bonds is 13. The molecule has 0 aliphatic carbocycles. The Balaban J connectivity index is 5.29. The molecule has 0 amide bonds. The summed E-state index contributed by atoms with van der Waals surface area (Å²) < 4.78 is 0. The average molecular weight is 415 g/mol. The highest BCUT2D eigenvalue weighted by molar-refractivity contribution is 5.23. The lowest BCUT2D eigenvalue weighted by Gasteiger charge is -2.41. The fraction of sp³-hybridized carbons (Fsp3) is 0.733. The molecular weight excluding hydrogens is 360 g/mol. The summed E-state index contributed by atoms with van der Waals surface area (Å²) in [6.45, 7) is 45.6. The van der Waals surface area contributed by atoms with Crippen LogP contribution < -0.4 is 0 Å². The van der Waals surface area contributed by atoms with E-state index in [2.05, 4.69) is 109 Å². The molecule has 0 spiro atoms. The third-order valence-electron chi connectivity index (χ3n) is 7.85. The molecule has 0 fully saturated rings. The van der Waals surface area contributed by atoms with Gasteiger partial charge in [0.25, 0.3) is 0 Å². The maximum absolute atomic E-state index is 4.55. The summed E-state index contributed by atoms with van der Waals surface area (Å²) in [4.78, 5) is 0. The van der Waals surface area contributed by atoms with Crippen LogP contribution >= 0.6 is 0 Å². The minimum absolute atomic E-state index is 0.0125. The van der Waals surface area contributed by atoms with E-state index in [0.717, 1.165) is 25.7 Å². The Kier molecular flexibility index (Phi) is 9.71. The largest absolute Gasteiger partial charge is 0.0993 e. The fourth-order valence-corrected chi connectivity index (χ4v) is 3.86. The molecule has 0 radical (unpaired) electrons. The molecule has 0 unspecified atom stereocenters. The van der Waals surface area contributed by atoms with Crippen molar-refractivity contribution in [1.82, 2.24) is 0 Å². The van der Waals surface area contributed by atoms with E-state index in [4.69, 9.17) is 0 Å². The Labute approximate surface area is 191 Å². The van der Waals surface area contributed by atoms with Gasteiger partial charge in [-0.05, 0) is 59.2 Å². The van der Waals surface area contributed by atoms with Crippen molar-refractivity contribution in [1.29, 1.82) is 0 Å². The Morgan fingerprint density at radius 1 is 0.533 bits per heavy atom. The Morgan fingerprint density at radius 3 is 1.13 bits per heavy atom.